The molecule has 0 spiro atoms. The summed E-state index contributed by atoms with van der Waals surface area (Å²) >= 11 is 0. The average molecular weight is 493 g/mol. The van der Waals surface area contributed by atoms with Crippen molar-refractivity contribution in [2.45, 2.75) is 77.2 Å². The van der Waals surface area contributed by atoms with Crippen LogP contribution < -0.4 is 4.74 Å². The van der Waals surface area contributed by atoms with E-state index in [9.17, 15) is 22.4 Å². The summed E-state index contributed by atoms with van der Waals surface area (Å²) in [6, 6.07) is 5.80. The smallest absolute Gasteiger partial charge is 0.341 e. The third kappa shape index (κ3) is 5.49. The number of ether oxygens (including phenoxy) is 2. The molecule has 0 N–H and O–H groups in total. The number of hydrogen-bond acceptors (Lipinski definition) is 3. The van der Waals surface area contributed by atoms with Crippen molar-refractivity contribution in [1.29, 1.82) is 0 Å². The molecule has 2 aliphatic carbocycles. The normalized spacial score (nSPS) is 24.7. The van der Waals surface area contributed by atoms with Crippen molar-refractivity contribution in [3.63, 3.8) is 0 Å². The molecule has 0 aliphatic heterocycles. The topological polar surface area (TPSA) is 35.5 Å². The van der Waals surface area contributed by atoms with Crippen LogP contribution in [0.2, 0.25) is 0 Å². The van der Waals surface area contributed by atoms with Crippen LogP contribution in [0.15, 0.2) is 24.3 Å². The highest BCUT2D eigenvalue weighted by Crippen LogP contribution is 2.44. The van der Waals surface area contributed by atoms with E-state index >= 15 is 0 Å². The predicted octanol–water partition coefficient (Wildman–Crippen LogP) is 7.64. The minimum atomic E-state index is -1.25. The summed E-state index contributed by atoms with van der Waals surface area (Å²) in [6.07, 6.45) is 6.40. The summed E-state index contributed by atoms with van der Waals surface area (Å²) < 4.78 is 67.3. The maximum absolute atomic E-state index is 14.4. The Morgan fingerprint density at radius 2 is 1.43 bits per heavy atom. The number of carbonyl (C=O) groups excluding carboxylic acids is 1. The van der Waals surface area contributed by atoms with Crippen LogP contribution in [0.5, 0.6) is 5.75 Å². The molecule has 0 aromatic heterocycles. The van der Waals surface area contributed by atoms with Crippen molar-refractivity contribution in [2.24, 2.45) is 11.8 Å². The summed E-state index contributed by atoms with van der Waals surface area (Å²) in [7, 11) is 0. The third-order valence-electron chi connectivity index (χ3n) is 7.74. The first-order valence-electron chi connectivity index (χ1n) is 12.6. The van der Waals surface area contributed by atoms with Gasteiger partial charge in [-0.15, -0.1) is 0 Å². The van der Waals surface area contributed by atoms with Gasteiger partial charge in [0, 0.05) is 0 Å². The van der Waals surface area contributed by atoms with Crippen molar-refractivity contribution >= 4 is 5.97 Å². The monoisotopic (exact) mass is 492 g/mol. The van der Waals surface area contributed by atoms with Gasteiger partial charge in [0.1, 0.15) is 6.10 Å². The first-order valence-corrected chi connectivity index (χ1v) is 12.6. The quantitative estimate of drug-likeness (QED) is 0.307. The number of aryl methyl sites for hydroxylation is 1. The number of carbonyl (C=O) groups is 1. The fraction of sp³-hybridized carbons (Fsp3) is 0.536. The fourth-order valence-electron chi connectivity index (χ4n) is 5.73. The van der Waals surface area contributed by atoms with E-state index in [4.69, 9.17) is 9.47 Å². The van der Waals surface area contributed by atoms with Crippen LogP contribution in [-0.4, -0.2) is 18.7 Å². The molecule has 3 nitrogen and oxygen atoms in total. The first-order chi connectivity index (χ1) is 16.8. The molecule has 35 heavy (non-hydrogen) atoms. The van der Waals surface area contributed by atoms with Crippen molar-refractivity contribution in [3.05, 3.63) is 64.2 Å². The van der Waals surface area contributed by atoms with Crippen LogP contribution >= 0.6 is 0 Å². The van der Waals surface area contributed by atoms with Gasteiger partial charge in [0.05, 0.1) is 12.2 Å². The predicted molar refractivity (Wildman–Crippen MR) is 124 cm³/mol. The van der Waals surface area contributed by atoms with E-state index in [-0.39, 0.29) is 24.4 Å². The lowest BCUT2D eigenvalue weighted by molar-refractivity contribution is 0.0109. The van der Waals surface area contributed by atoms with E-state index < -0.39 is 34.8 Å². The zero-order valence-corrected chi connectivity index (χ0v) is 20.2. The average Bonchev–Trinajstić information content (AvgIpc) is 2.86. The fourth-order valence-corrected chi connectivity index (χ4v) is 5.73. The van der Waals surface area contributed by atoms with Crippen molar-refractivity contribution < 1.29 is 31.8 Å². The van der Waals surface area contributed by atoms with Crippen molar-refractivity contribution in [3.8, 4) is 5.75 Å². The highest BCUT2D eigenvalue weighted by molar-refractivity contribution is 5.90. The Kier molecular flexibility index (Phi) is 8.02. The summed E-state index contributed by atoms with van der Waals surface area (Å²) in [4.78, 5) is 12.5. The standard InChI is InChI=1S/C28H32F4O3/c1-3-34-23-15-14-22(26(31)27(23)32)28(33)35-20-11-9-18(10-12-20)17-5-7-19(8-6-17)21-13-4-16(2)24(29)25(21)30/h4,13-15,17-20H,3,5-12H2,1-2H3. The highest BCUT2D eigenvalue weighted by Gasteiger charge is 2.34. The number of benzene rings is 2. The molecule has 0 unspecified atom stereocenters. The van der Waals surface area contributed by atoms with E-state index in [0.717, 1.165) is 38.5 Å². The van der Waals surface area contributed by atoms with Gasteiger partial charge in [-0.1, -0.05) is 12.1 Å². The molecule has 0 amide bonds. The van der Waals surface area contributed by atoms with Crippen LogP contribution in [0.4, 0.5) is 17.6 Å². The number of halogens is 4. The molecule has 2 aliphatic rings. The largest absolute Gasteiger partial charge is 0.491 e. The molecule has 0 radical (unpaired) electrons. The van der Waals surface area contributed by atoms with E-state index in [1.54, 1.807) is 26.0 Å². The third-order valence-corrected chi connectivity index (χ3v) is 7.74. The second-order valence-corrected chi connectivity index (χ2v) is 9.83. The molecule has 0 bridgehead atoms. The highest BCUT2D eigenvalue weighted by atomic mass is 19.2. The van der Waals surface area contributed by atoms with Crippen molar-refractivity contribution in [1.82, 2.24) is 0 Å². The molecular formula is C28H32F4O3. The van der Waals surface area contributed by atoms with Gasteiger partial charge < -0.3 is 9.47 Å². The summed E-state index contributed by atoms with van der Waals surface area (Å²) in [5.74, 6) is -3.94. The van der Waals surface area contributed by atoms with Gasteiger partial charge in [-0.25, -0.2) is 18.0 Å². The lowest BCUT2D eigenvalue weighted by Crippen LogP contribution is -2.30. The molecule has 2 saturated carbocycles. The molecule has 2 fully saturated rings. The maximum atomic E-state index is 14.4. The second kappa shape index (κ2) is 11.0. The second-order valence-electron chi connectivity index (χ2n) is 9.83. The summed E-state index contributed by atoms with van der Waals surface area (Å²) in [5.41, 5.74) is 0.388. The molecule has 0 heterocycles. The molecule has 4 rings (SSSR count). The van der Waals surface area contributed by atoms with Gasteiger partial charge in [0.25, 0.3) is 0 Å². The molecule has 0 saturated heterocycles. The molecule has 2 aromatic rings. The van der Waals surface area contributed by atoms with Crippen LogP contribution in [0.1, 0.15) is 85.7 Å². The van der Waals surface area contributed by atoms with Gasteiger partial charge >= 0.3 is 5.97 Å². The Morgan fingerprint density at radius 1 is 0.800 bits per heavy atom. The first kappa shape index (κ1) is 25.5. The summed E-state index contributed by atoms with van der Waals surface area (Å²) in [6.45, 7) is 3.42. The van der Waals surface area contributed by atoms with Gasteiger partial charge in [-0.2, -0.15) is 4.39 Å². The van der Waals surface area contributed by atoms with Crippen LogP contribution in [0.25, 0.3) is 0 Å². The SMILES string of the molecule is CCOc1ccc(C(=O)OC2CCC(C3CCC(c4ccc(C)c(F)c4F)CC3)CC2)c(F)c1F. The Hall–Kier alpha value is -2.57. The summed E-state index contributed by atoms with van der Waals surface area (Å²) in [5, 5.41) is 0. The molecular weight excluding hydrogens is 460 g/mol. The zero-order valence-electron chi connectivity index (χ0n) is 20.2. The Labute approximate surface area is 203 Å². The molecule has 2 aromatic carbocycles. The minimum Gasteiger partial charge on any atom is -0.491 e. The lowest BCUT2D eigenvalue weighted by Gasteiger charge is -2.37. The Balaban J connectivity index is 1.27. The van der Waals surface area contributed by atoms with E-state index in [1.807, 2.05) is 0 Å². The molecule has 0 atom stereocenters. The lowest BCUT2D eigenvalue weighted by atomic mass is 9.69. The molecule has 190 valence electrons. The van der Waals surface area contributed by atoms with Gasteiger partial charge in [-0.05, 0) is 106 Å². The Bertz CT molecular complexity index is 1050. The number of rotatable bonds is 6. The van der Waals surface area contributed by atoms with Crippen LogP contribution in [-0.2, 0) is 4.74 Å². The van der Waals surface area contributed by atoms with Crippen LogP contribution in [0, 0.1) is 42.0 Å². The van der Waals surface area contributed by atoms with E-state index in [2.05, 4.69) is 0 Å². The van der Waals surface area contributed by atoms with Gasteiger partial charge in [0.2, 0.25) is 5.82 Å². The maximum Gasteiger partial charge on any atom is 0.341 e. The van der Waals surface area contributed by atoms with Crippen molar-refractivity contribution in [2.75, 3.05) is 6.61 Å². The molecule has 7 heteroatoms. The van der Waals surface area contributed by atoms with E-state index in [1.165, 1.54) is 12.1 Å². The minimum absolute atomic E-state index is 0.0445. The number of esters is 1. The van der Waals surface area contributed by atoms with Crippen LogP contribution in [0.3, 0.4) is 0 Å². The Morgan fingerprint density at radius 3 is 2.06 bits per heavy atom. The van der Waals surface area contributed by atoms with E-state index in [0.29, 0.717) is 35.8 Å². The van der Waals surface area contributed by atoms with Gasteiger partial charge in [-0.3, -0.25) is 0 Å². The van der Waals surface area contributed by atoms with Gasteiger partial charge in [0.15, 0.2) is 23.2 Å². The zero-order chi connectivity index (χ0) is 25.1. The number of hydrogen-bond donors (Lipinski definition) is 0.